The molecule has 0 atom stereocenters. The smallest absolute Gasteiger partial charge is 0.0159 e. The predicted molar refractivity (Wildman–Crippen MR) is 238 cm³/mol. The molecular formula is C56H42. The molecule has 266 valence electrons. The van der Waals surface area contributed by atoms with E-state index in [1.54, 1.807) is 0 Å². The molecule has 0 saturated heterocycles. The van der Waals surface area contributed by atoms with Gasteiger partial charge in [0, 0.05) is 10.8 Å². The second-order valence-corrected chi connectivity index (χ2v) is 16.9. The molecule has 9 aromatic carbocycles. The van der Waals surface area contributed by atoms with Gasteiger partial charge in [-0.15, -0.1) is 0 Å². The number of fused-ring (bicyclic) bond motifs is 8. The summed E-state index contributed by atoms with van der Waals surface area (Å²) >= 11 is 0. The van der Waals surface area contributed by atoms with Gasteiger partial charge in [0.15, 0.2) is 0 Å². The van der Waals surface area contributed by atoms with Crippen LogP contribution in [-0.2, 0) is 10.8 Å². The van der Waals surface area contributed by atoms with Gasteiger partial charge in [-0.05, 0) is 135 Å². The first-order valence-electron chi connectivity index (χ1n) is 19.9. The Bertz CT molecular complexity index is 3050. The van der Waals surface area contributed by atoms with E-state index in [1.165, 1.54) is 111 Å². The van der Waals surface area contributed by atoms with Crippen LogP contribution in [0.1, 0.15) is 49.9 Å². The Morgan fingerprint density at radius 2 is 0.643 bits per heavy atom. The SMILES string of the molecule is CC1(C)c2ccccc2-c2ccc(-c3ccc4c(c3)C(C)(C)c3cc(-c5c6ccccc6c(-c6ccccc6)c6cc(-c7ccccc7)ccc56)ccc3-4)cc21. The first-order chi connectivity index (χ1) is 27.3. The first-order valence-corrected chi connectivity index (χ1v) is 19.9. The third-order valence-corrected chi connectivity index (χ3v) is 13.1. The van der Waals surface area contributed by atoms with Crippen molar-refractivity contribution in [1.29, 1.82) is 0 Å². The fourth-order valence-electron chi connectivity index (χ4n) is 10.2. The van der Waals surface area contributed by atoms with Crippen LogP contribution < -0.4 is 0 Å². The van der Waals surface area contributed by atoms with E-state index in [2.05, 4.69) is 210 Å². The Morgan fingerprint density at radius 1 is 0.250 bits per heavy atom. The predicted octanol–water partition coefficient (Wildman–Crippen LogP) is 15.3. The minimum atomic E-state index is -0.168. The maximum Gasteiger partial charge on any atom is 0.0159 e. The van der Waals surface area contributed by atoms with Gasteiger partial charge in [0.2, 0.25) is 0 Å². The van der Waals surface area contributed by atoms with Crippen LogP contribution in [0.5, 0.6) is 0 Å². The molecule has 56 heavy (non-hydrogen) atoms. The Kier molecular flexibility index (Phi) is 7.05. The van der Waals surface area contributed by atoms with Gasteiger partial charge in [-0.3, -0.25) is 0 Å². The highest BCUT2D eigenvalue weighted by atomic mass is 14.4. The van der Waals surface area contributed by atoms with Crippen LogP contribution in [0.4, 0.5) is 0 Å². The maximum atomic E-state index is 2.50. The quantitative estimate of drug-likeness (QED) is 0.159. The molecule has 0 aliphatic heterocycles. The van der Waals surface area contributed by atoms with Gasteiger partial charge in [0.05, 0.1) is 0 Å². The topological polar surface area (TPSA) is 0 Å². The van der Waals surface area contributed by atoms with Crippen LogP contribution in [0.15, 0.2) is 182 Å². The molecule has 9 aromatic rings. The number of benzene rings is 9. The van der Waals surface area contributed by atoms with Crippen molar-refractivity contribution in [1.82, 2.24) is 0 Å². The molecule has 0 nitrogen and oxygen atoms in total. The summed E-state index contributed by atoms with van der Waals surface area (Å²) < 4.78 is 0. The summed E-state index contributed by atoms with van der Waals surface area (Å²) in [5, 5.41) is 5.11. The minimum absolute atomic E-state index is 0.0265. The van der Waals surface area contributed by atoms with E-state index >= 15 is 0 Å². The summed E-state index contributed by atoms with van der Waals surface area (Å²) in [6.07, 6.45) is 0. The maximum absolute atomic E-state index is 2.50. The zero-order valence-corrected chi connectivity index (χ0v) is 32.3. The van der Waals surface area contributed by atoms with Crippen LogP contribution in [0.3, 0.4) is 0 Å². The summed E-state index contributed by atoms with van der Waals surface area (Å²) in [5.74, 6) is 0. The molecule has 2 aliphatic rings. The van der Waals surface area contributed by atoms with Crippen LogP contribution in [0.25, 0.3) is 88.3 Å². The third-order valence-electron chi connectivity index (χ3n) is 13.1. The van der Waals surface area contributed by atoms with E-state index in [0.29, 0.717) is 0 Å². The molecule has 0 spiro atoms. The van der Waals surface area contributed by atoms with Gasteiger partial charge >= 0.3 is 0 Å². The molecule has 0 amide bonds. The number of rotatable bonds is 4. The summed E-state index contributed by atoms with van der Waals surface area (Å²) in [6.45, 7) is 9.56. The van der Waals surface area contributed by atoms with Gasteiger partial charge in [-0.1, -0.05) is 185 Å². The standard InChI is InChI=1S/C56H42/c1-55(2)49-22-14-13-19-41(49)42-27-23-38(32-50(42)55)39-24-28-43-44-29-26-40(34-52(44)56(3,4)51(43)33-39)54-46-21-12-11-20-45(46)53(36-17-9-6-10-18-36)48-31-37(25-30-47(48)54)35-15-7-5-8-16-35/h5-34H,1-4H3. The van der Waals surface area contributed by atoms with Gasteiger partial charge in [-0.25, -0.2) is 0 Å². The monoisotopic (exact) mass is 714 g/mol. The van der Waals surface area contributed by atoms with Crippen molar-refractivity contribution in [3.8, 4) is 66.8 Å². The van der Waals surface area contributed by atoms with E-state index in [1.807, 2.05) is 0 Å². The lowest BCUT2D eigenvalue weighted by atomic mass is 9.79. The molecule has 0 fully saturated rings. The minimum Gasteiger partial charge on any atom is -0.0622 e. The highest BCUT2D eigenvalue weighted by Crippen LogP contribution is 2.54. The zero-order chi connectivity index (χ0) is 37.8. The van der Waals surface area contributed by atoms with Crippen molar-refractivity contribution in [2.24, 2.45) is 0 Å². The lowest BCUT2D eigenvalue weighted by molar-refractivity contribution is 0.659. The molecule has 0 saturated carbocycles. The van der Waals surface area contributed by atoms with Crippen molar-refractivity contribution in [3.05, 3.63) is 204 Å². The molecule has 0 unspecified atom stereocenters. The third kappa shape index (κ3) is 4.72. The molecule has 0 heteroatoms. The number of hydrogen-bond acceptors (Lipinski definition) is 0. The van der Waals surface area contributed by atoms with Crippen LogP contribution in [-0.4, -0.2) is 0 Å². The molecule has 0 N–H and O–H groups in total. The van der Waals surface area contributed by atoms with Crippen molar-refractivity contribution in [2.45, 2.75) is 38.5 Å². The van der Waals surface area contributed by atoms with Gasteiger partial charge < -0.3 is 0 Å². The van der Waals surface area contributed by atoms with Crippen LogP contribution in [0, 0.1) is 0 Å². The highest BCUT2D eigenvalue weighted by Gasteiger charge is 2.38. The molecule has 0 radical (unpaired) electrons. The van der Waals surface area contributed by atoms with E-state index in [-0.39, 0.29) is 10.8 Å². The molecule has 0 bridgehead atoms. The average molecular weight is 715 g/mol. The summed E-state index contributed by atoms with van der Waals surface area (Å²) in [7, 11) is 0. The van der Waals surface area contributed by atoms with Crippen molar-refractivity contribution < 1.29 is 0 Å². The zero-order valence-electron chi connectivity index (χ0n) is 32.3. The van der Waals surface area contributed by atoms with Crippen molar-refractivity contribution in [3.63, 3.8) is 0 Å². The van der Waals surface area contributed by atoms with Crippen molar-refractivity contribution >= 4 is 21.5 Å². The fourth-order valence-corrected chi connectivity index (χ4v) is 10.2. The lowest BCUT2D eigenvalue weighted by Crippen LogP contribution is -2.15. The average Bonchev–Trinajstić information content (AvgIpc) is 3.61. The summed E-state index contributed by atoms with van der Waals surface area (Å²) in [6, 6.07) is 68.2. The van der Waals surface area contributed by atoms with Crippen molar-refractivity contribution in [2.75, 3.05) is 0 Å². The van der Waals surface area contributed by atoms with E-state index in [0.717, 1.165) is 0 Å². The molecule has 0 aromatic heterocycles. The van der Waals surface area contributed by atoms with Gasteiger partial charge in [0.1, 0.15) is 0 Å². The van der Waals surface area contributed by atoms with Gasteiger partial charge in [0.25, 0.3) is 0 Å². The first kappa shape index (κ1) is 32.9. The Labute approximate surface area is 329 Å². The Hall–Kier alpha value is -6.50. The summed E-state index contributed by atoms with van der Waals surface area (Å²) in [5.41, 5.74) is 20.9. The second kappa shape index (κ2) is 12.0. The van der Waals surface area contributed by atoms with E-state index < -0.39 is 0 Å². The van der Waals surface area contributed by atoms with Crippen LogP contribution in [0.2, 0.25) is 0 Å². The highest BCUT2D eigenvalue weighted by molar-refractivity contribution is 6.22. The molecular weight excluding hydrogens is 673 g/mol. The Morgan fingerprint density at radius 3 is 1.25 bits per heavy atom. The molecule has 11 rings (SSSR count). The lowest BCUT2D eigenvalue weighted by Gasteiger charge is -2.24. The van der Waals surface area contributed by atoms with Crippen LogP contribution >= 0.6 is 0 Å². The number of hydrogen-bond donors (Lipinski definition) is 0. The van der Waals surface area contributed by atoms with Gasteiger partial charge in [-0.2, -0.15) is 0 Å². The molecule has 2 aliphatic carbocycles. The largest absolute Gasteiger partial charge is 0.0622 e. The molecule has 0 heterocycles. The normalized spacial score (nSPS) is 14.4. The fraction of sp³-hybridized carbons (Fsp3) is 0.107. The Balaban J connectivity index is 1.07. The second-order valence-electron chi connectivity index (χ2n) is 16.9. The van der Waals surface area contributed by atoms with E-state index in [9.17, 15) is 0 Å². The summed E-state index contributed by atoms with van der Waals surface area (Å²) in [4.78, 5) is 0. The van der Waals surface area contributed by atoms with E-state index in [4.69, 9.17) is 0 Å².